The smallest absolute Gasteiger partial charge is 0.258 e. The second kappa shape index (κ2) is 4.51. The van der Waals surface area contributed by atoms with Crippen LogP contribution in [0.15, 0.2) is 33.5 Å². The number of aromatic nitrogens is 2. The summed E-state index contributed by atoms with van der Waals surface area (Å²) >= 11 is 1.63. The lowest BCUT2D eigenvalue weighted by Crippen LogP contribution is -1.92. The minimum atomic E-state index is 0.505. The Bertz CT molecular complexity index is 730. The van der Waals surface area contributed by atoms with Gasteiger partial charge in [-0.3, -0.25) is 0 Å². The molecular formula is C14H13N3OS. The molecule has 0 aliphatic heterocycles. The van der Waals surface area contributed by atoms with Gasteiger partial charge in [0.15, 0.2) is 0 Å². The fourth-order valence-corrected chi connectivity index (χ4v) is 2.74. The molecular weight excluding hydrogens is 258 g/mol. The largest absolute Gasteiger partial charge is 0.398 e. The quantitative estimate of drug-likeness (QED) is 0.722. The summed E-state index contributed by atoms with van der Waals surface area (Å²) < 4.78 is 5.35. The maximum absolute atomic E-state index is 5.90. The Morgan fingerprint density at radius 3 is 2.74 bits per heavy atom. The van der Waals surface area contributed by atoms with Gasteiger partial charge in [0.05, 0.1) is 0 Å². The predicted molar refractivity (Wildman–Crippen MR) is 76.9 cm³/mol. The number of aryl methyl sites for hydroxylation is 1. The molecule has 3 rings (SSSR count). The van der Waals surface area contributed by atoms with Crippen LogP contribution in [0.5, 0.6) is 0 Å². The number of nitrogens with zero attached hydrogens (tertiary/aromatic N) is 2. The highest BCUT2D eigenvalue weighted by molar-refractivity contribution is 7.08. The van der Waals surface area contributed by atoms with Crippen LogP contribution in [0.4, 0.5) is 5.69 Å². The molecule has 0 saturated heterocycles. The minimum absolute atomic E-state index is 0.505. The fourth-order valence-electron chi connectivity index (χ4n) is 1.92. The van der Waals surface area contributed by atoms with Crippen LogP contribution in [0, 0.1) is 13.8 Å². The molecule has 2 N–H and O–H groups in total. The molecule has 0 unspecified atom stereocenters. The molecule has 0 amide bonds. The van der Waals surface area contributed by atoms with E-state index >= 15 is 0 Å². The van der Waals surface area contributed by atoms with Crippen molar-refractivity contribution < 1.29 is 4.52 Å². The van der Waals surface area contributed by atoms with Crippen LogP contribution in [0.3, 0.4) is 0 Å². The molecule has 0 aliphatic carbocycles. The molecule has 0 aliphatic rings. The molecule has 3 aromatic rings. The van der Waals surface area contributed by atoms with Gasteiger partial charge in [0.2, 0.25) is 5.82 Å². The average molecular weight is 271 g/mol. The lowest BCUT2D eigenvalue weighted by Gasteiger charge is -2.02. The molecule has 0 saturated carbocycles. The van der Waals surface area contributed by atoms with Crippen molar-refractivity contribution in [1.29, 1.82) is 0 Å². The van der Waals surface area contributed by atoms with E-state index in [4.69, 9.17) is 10.3 Å². The van der Waals surface area contributed by atoms with Crippen molar-refractivity contribution >= 4 is 17.0 Å². The number of nitrogens with two attached hydrogens (primary N) is 1. The van der Waals surface area contributed by atoms with E-state index in [1.807, 2.05) is 37.4 Å². The Morgan fingerprint density at radius 2 is 2.00 bits per heavy atom. The highest BCUT2D eigenvalue weighted by atomic mass is 32.1. The molecule has 0 bridgehead atoms. The average Bonchev–Trinajstić information content (AvgIpc) is 3.01. The summed E-state index contributed by atoms with van der Waals surface area (Å²) in [5.74, 6) is 1.13. The van der Waals surface area contributed by atoms with Gasteiger partial charge in [-0.15, -0.1) is 0 Å². The highest BCUT2D eigenvalue weighted by Crippen LogP contribution is 2.29. The fraction of sp³-hybridized carbons (Fsp3) is 0.143. The van der Waals surface area contributed by atoms with Gasteiger partial charge in [-0.1, -0.05) is 11.2 Å². The Morgan fingerprint density at radius 1 is 1.16 bits per heavy atom. The third-order valence-electron chi connectivity index (χ3n) is 3.13. The second-order valence-corrected chi connectivity index (χ2v) is 5.15. The van der Waals surface area contributed by atoms with Crippen molar-refractivity contribution in [2.75, 3.05) is 5.73 Å². The van der Waals surface area contributed by atoms with Crippen molar-refractivity contribution in [1.82, 2.24) is 10.1 Å². The van der Waals surface area contributed by atoms with Crippen molar-refractivity contribution in [2.45, 2.75) is 13.8 Å². The van der Waals surface area contributed by atoms with E-state index in [-0.39, 0.29) is 0 Å². The van der Waals surface area contributed by atoms with E-state index in [1.54, 1.807) is 11.3 Å². The number of hydrogen-bond donors (Lipinski definition) is 1. The van der Waals surface area contributed by atoms with Crippen LogP contribution < -0.4 is 5.73 Å². The van der Waals surface area contributed by atoms with Gasteiger partial charge >= 0.3 is 0 Å². The Hall–Kier alpha value is -2.14. The van der Waals surface area contributed by atoms with E-state index in [2.05, 4.69) is 15.5 Å². The molecule has 96 valence electrons. The Labute approximate surface area is 114 Å². The molecule has 0 radical (unpaired) electrons. The van der Waals surface area contributed by atoms with E-state index in [1.165, 1.54) is 0 Å². The van der Waals surface area contributed by atoms with Gasteiger partial charge in [-0.25, -0.2) is 0 Å². The number of hydrogen-bond acceptors (Lipinski definition) is 5. The summed E-state index contributed by atoms with van der Waals surface area (Å²) in [5, 5.41) is 8.14. The second-order valence-electron chi connectivity index (χ2n) is 4.41. The first-order chi connectivity index (χ1) is 9.16. The van der Waals surface area contributed by atoms with Crippen molar-refractivity contribution in [3.63, 3.8) is 0 Å². The SMILES string of the molecule is Cc1cscc1-c1noc(-c2cccc(N)c2C)n1. The van der Waals surface area contributed by atoms with E-state index in [0.29, 0.717) is 11.7 Å². The zero-order valence-electron chi connectivity index (χ0n) is 10.7. The van der Waals surface area contributed by atoms with Gasteiger partial charge in [-0.05, 0) is 42.5 Å². The van der Waals surface area contributed by atoms with Gasteiger partial charge in [-0.2, -0.15) is 16.3 Å². The summed E-state index contributed by atoms with van der Waals surface area (Å²) in [7, 11) is 0. The molecule has 1 aromatic carbocycles. The van der Waals surface area contributed by atoms with Crippen LogP contribution in [0.25, 0.3) is 22.8 Å². The van der Waals surface area contributed by atoms with Crippen LogP contribution in [0.2, 0.25) is 0 Å². The summed E-state index contributed by atoms with van der Waals surface area (Å²) in [6.07, 6.45) is 0. The van der Waals surface area contributed by atoms with E-state index in [9.17, 15) is 0 Å². The first-order valence-corrected chi connectivity index (χ1v) is 6.83. The normalized spacial score (nSPS) is 10.8. The monoisotopic (exact) mass is 271 g/mol. The maximum atomic E-state index is 5.90. The van der Waals surface area contributed by atoms with Gasteiger partial charge in [0.25, 0.3) is 5.89 Å². The molecule has 4 nitrogen and oxygen atoms in total. The molecule has 0 atom stereocenters. The summed E-state index contributed by atoms with van der Waals surface area (Å²) in [6.45, 7) is 3.98. The summed E-state index contributed by atoms with van der Waals surface area (Å²) in [6, 6.07) is 5.68. The molecule has 0 spiro atoms. The first-order valence-electron chi connectivity index (χ1n) is 5.89. The number of rotatable bonds is 2. The minimum Gasteiger partial charge on any atom is -0.398 e. The standard InChI is InChI=1S/C14H13N3OS/c1-8-6-19-7-11(8)13-16-14(18-17-13)10-4-3-5-12(15)9(10)2/h3-7H,15H2,1-2H3. The molecule has 19 heavy (non-hydrogen) atoms. The van der Waals surface area contributed by atoms with Crippen molar-refractivity contribution in [3.05, 3.63) is 40.1 Å². The summed E-state index contributed by atoms with van der Waals surface area (Å²) in [4.78, 5) is 4.46. The van der Waals surface area contributed by atoms with Crippen LogP contribution >= 0.6 is 11.3 Å². The first kappa shape index (κ1) is 11.9. The number of nitrogen functional groups attached to an aromatic ring is 1. The number of anilines is 1. The lowest BCUT2D eigenvalue weighted by molar-refractivity contribution is 0.432. The van der Waals surface area contributed by atoms with Crippen LogP contribution in [0.1, 0.15) is 11.1 Å². The van der Waals surface area contributed by atoms with E-state index < -0.39 is 0 Å². The lowest BCUT2D eigenvalue weighted by atomic mass is 10.1. The van der Waals surface area contributed by atoms with Gasteiger partial charge in [0, 0.05) is 22.2 Å². The zero-order chi connectivity index (χ0) is 13.4. The number of thiophene rings is 1. The van der Waals surface area contributed by atoms with Crippen LogP contribution in [-0.2, 0) is 0 Å². The third kappa shape index (κ3) is 2.02. The molecule has 0 fully saturated rings. The zero-order valence-corrected chi connectivity index (χ0v) is 11.5. The third-order valence-corrected chi connectivity index (χ3v) is 3.99. The molecule has 2 aromatic heterocycles. The topological polar surface area (TPSA) is 64.9 Å². The highest BCUT2D eigenvalue weighted by Gasteiger charge is 2.15. The van der Waals surface area contributed by atoms with Gasteiger partial charge in [0.1, 0.15) is 0 Å². The van der Waals surface area contributed by atoms with Gasteiger partial charge < -0.3 is 10.3 Å². The van der Waals surface area contributed by atoms with Crippen molar-refractivity contribution in [3.8, 4) is 22.8 Å². The van der Waals surface area contributed by atoms with Crippen LogP contribution in [-0.4, -0.2) is 10.1 Å². The predicted octanol–water partition coefficient (Wildman–Crippen LogP) is 3.66. The Kier molecular flexibility index (Phi) is 2.83. The maximum Gasteiger partial charge on any atom is 0.258 e. The van der Waals surface area contributed by atoms with Crippen molar-refractivity contribution in [2.24, 2.45) is 0 Å². The molecule has 5 heteroatoms. The summed E-state index contributed by atoms with van der Waals surface area (Å²) in [5.41, 5.74) is 10.6. The number of benzene rings is 1. The van der Waals surface area contributed by atoms with E-state index in [0.717, 1.165) is 27.9 Å². The Balaban J connectivity index is 2.07. The molecule has 2 heterocycles.